The van der Waals surface area contributed by atoms with E-state index in [1.165, 1.54) is 13.2 Å². The maximum absolute atomic E-state index is 13.5. The van der Waals surface area contributed by atoms with E-state index in [-0.39, 0.29) is 17.5 Å². The Balaban J connectivity index is 1.60. The lowest BCUT2D eigenvalue weighted by atomic mass is 10.0. The summed E-state index contributed by atoms with van der Waals surface area (Å²) in [4.78, 5) is 18.4. The Morgan fingerprint density at radius 2 is 1.93 bits per heavy atom. The average Bonchev–Trinajstić information content (AvgIpc) is 3.54. The van der Waals surface area contributed by atoms with Crippen molar-refractivity contribution < 1.29 is 22.7 Å². The molecule has 3 heterocycles. The van der Waals surface area contributed by atoms with Crippen LogP contribution in [0.15, 0.2) is 85.2 Å². The van der Waals surface area contributed by atoms with E-state index >= 15 is 0 Å². The fraction of sp³-hybridized carbons (Fsp3) is 0.179. The van der Waals surface area contributed by atoms with Crippen molar-refractivity contribution in [2.45, 2.75) is 18.3 Å². The maximum atomic E-state index is 13.5. The third-order valence-electron chi connectivity index (χ3n) is 6.41. The highest BCUT2D eigenvalue weighted by Crippen LogP contribution is 2.43. The fourth-order valence-corrected chi connectivity index (χ4v) is 5.28. The quantitative estimate of drug-likeness (QED) is 0.248. The molecule has 0 spiro atoms. The number of methoxy groups -OCH3 is 1. The van der Waals surface area contributed by atoms with Crippen LogP contribution in [0.3, 0.4) is 0 Å². The number of hydrogen-bond acceptors (Lipinski definition) is 4. The molecule has 2 atom stereocenters. The summed E-state index contributed by atoms with van der Waals surface area (Å²) < 4.78 is 47.1. The molecule has 4 aromatic rings. The van der Waals surface area contributed by atoms with Gasteiger partial charge in [0.2, 0.25) is 5.91 Å². The number of hydrogen-bond donors (Lipinski definition) is 2. The number of carbonyl (C=O) groups excluding carboxylic acids is 1. The van der Waals surface area contributed by atoms with Gasteiger partial charge in [-0.2, -0.15) is 13.2 Å². The molecular formula is C28H23ClF3N5O2S. The van der Waals surface area contributed by atoms with Gasteiger partial charge >= 0.3 is 6.18 Å². The first-order chi connectivity index (χ1) is 19.2. The molecule has 1 fully saturated rings. The van der Waals surface area contributed by atoms with Crippen LogP contribution in [0.5, 0.6) is 0 Å². The van der Waals surface area contributed by atoms with Crippen LogP contribution in [0, 0.1) is 0 Å². The van der Waals surface area contributed by atoms with Crippen LogP contribution in [0.1, 0.15) is 29.0 Å². The lowest BCUT2D eigenvalue weighted by Crippen LogP contribution is -2.30. The number of rotatable bonds is 7. The van der Waals surface area contributed by atoms with Crippen LogP contribution in [-0.4, -0.2) is 34.3 Å². The predicted molar refractivity (Wildman–Crippen MR) is 151 cm³/mol. The van der Waals surface area contributed by atoms with Gasteiger partial charge in [-0.15, -0.1) is 0 Å². The van der Waals surface area contributed by atoms with Crippen LogP contribution in [0.25, 0.3) is 5.69 Å². The van der Waals surface area contributed by atoms with Gasteiger partial charge in [-0.25, -0.2) is 0 Å². The number of amides is 1. The highest BCUT2D eigenvalue weighted by molar-refractivity contribution is 7.80. The second kappa shape index (κ2) is 11.3. The smallest absolute Gasteiger partial charge is 0.375 e. The molecular weight excluding hydrogens is 563 g/mol. The molecule has 0 bridgehead atoms. The monoisotopic (exact) mass is 585 g/mol. The number of thiocarbonyl (C=S) groups is 1. The summed E-state index contributed by atoms with van der Waals surface area (Å²) in [6.45, 7) is -0.126. The van der Waals surface area contributed by atoms with E-state index in [1.807, 2.05) is 23.1 Å². The number of nitrogens with zero attached hydrogens (tertiary/aromatic N) is 3. The molecule has 40 heavy (non-hydrogen) atoms. The van der Waals surface area contributed by atoms with Crippen molar-refractivity contribution in [3.05, 3.63) is 107 Å². The number of halogens is 4. The first-order valence-corrected chi connectivity index (χ1v) is 12.9. The van der Waals surface area contributed by atoms with E-state index in [2.05, 4.69) is 15.6 Å². The summed E-state index contributed by atoms with van der Waals surface area (Å²) in [7, 11) is 1.42. The zero-order chi connectivity index (χ0) is 28.4. The Morgan fingerprint density at radius 1 is 1.10 bits per heavy atom. The van der Waals surface area contributed by atoms with Crippen molar-refractivity contribution in [3.63, 3.8) is 0 Å². The predicted octanol–water partition coefficient (Wildman–Crippen LogP) is 6.31. The minimum Gasteiger partial charge on any atom is -0.375 e. The minimum absolute atomic E-state index is 0.126. The molecule has 0 radical (unpaired) electrons. The van der Waals surface area contributed by atoms with Crippen LogP contribution >= 0.6 is 23.8 Å². The number of anilines is 2. The molecule has 12 heteroatoms. The van der Waals surface area contributed by atoms with E-state index in [1.54, 1.807) is 53.4 Å². The molecule has 206 valence electrons. The molecule has 1 saturated heterocycles. The van der Waals surface area contributed by atoms with E-state index in [0.29, 0.717) is 33.6 Å². The lowest BCUT2D eigenvalue weighted by molar-refractivity contribution is -0.137. The zero-order valence-corrected chi connectivity index (χ0v) is 22.6. The van der Waals surface area contributed by atoms with E-state index in [4.69, 9.17) is 28.6 Å². The molecule has 0 saturated carbocycles. The number of nitrogens with one attached hydrogen (secondary N) is 2. The molecule has 1 aliphatic heterocycles. The van der Waals surface area contributed by atoms with E-state index < -0.39 is 23.8 Å². The lowest BCUT2D eigenvalue weighted by Gasteiger charge is -2.29. The van der Waals surface area contributed by atoms with Crippen molar-refractivity contribution in [2.75, 3.05) is 23.9 Å². The van der Waals surface area contributed by atoms with Crippen molar-refractivity contribution in [2.24, 2.45) is 0 Å². The number of alkyl halides is 3. The second-order valence-electron chi connectivity index (χ2n) is 8.99. The Hall–Kier alpha value is -3.93. The highest BCUT2D eigenvalue weighted by atomic mass is 35.5. The van der Waals surface area contributed by atoms with Crippen LogP contribution in [-0.2, 0) is 15.7 Å². The largest absolute Gasteiger partial charge is 0.416 e. The topological polar surface area (TPSA) is 71.4 Å². The van der Waals surface area contributed by atoms with Crippen LogP contribution in [0.4, 0.5) is 24.5 Å². The zero-order valence-electron chi connectivity index (χ0n) is 21.0. The van der Waals surface area contributed by atoms with Crippen molar-refractivity contribution in [3.8, 4) is 5.69 Å². The summed E-state index contributed by atoms with van der Waals surface area (Å²) in [5.74, 6) is -0.359. The molecule has 1 aliphatic rings. The van der Waals surface area contributed by atoms with Crippen molar-refractivity contribution >= 4 is 46.2 Å². The van der Waals surface area contributed by atoms with Gasteiger partial charge in [-0.05, 0) is 72.9 Å². The van der Waals surface area contributed by atoms with Crippen molar-refractivity contribution in [1.29, 1.82) is 0 Å². The van der Waals surface area contributed by atoms with Crippen molar-refractivity contribution in [1.82, 2.24) is 14.9 Å². The molecule has 2 N–H and O–H groups in total. The van der Waals surface area contributed by atoms with Gasteiger partial charge in [0, 0.05) is 36.6 Å². The summed E-state index contributed by atoms with van der Waals surface area (Å²) in [5, 5.41) is 6.67. The molecule has 0 aliphatic carbocycles. The molecule has 2 aromatic carbocycles. The van der Waals surface area contributed by atoms with E-state index in [0.717, 1.165) is 12.1 Å². The molecule has 1 amide bonds. The van der Waals surface area contributed by atoms with Gasteiger partial charge in [0.15, 0.2) is 5.11 Å². The maximum Gasteiger partial charge on any atom is 0.416 e. The summed E-state index contributed by atoms with van der Waals surface area (Å²) in [5.41, 5.74) is 1.99. The number of ether oxygens (including phenoxy) is 1. The number of aromatic nitrogens is 2. The highest BCUT2D eigenvalue weighted by Gasteiger charge is 2.42. The minimum atomic E-state index is -4.49. The Labute approximate surface area is 238 Å². The number of carbonyl (C=O) groups is 1. The summed E-state index contributed by atoms with van der Waals surface area (Å²) in [6.07, 6.45) is -1.11. The van der Waals surface area contributed by atoms with Gasteiger partial charge in [0.25, 0.3) is 0 Å². The fourth-order valence-electron chi connectivity index (χ4n) is 4.71. The van der Waals surface area contributed by atoms with Gasteiger partial charge in [0.05, 0.1) is 28.0 Å². The number of benzene rings is 2. The summed E-state index contributed by atoms with van der Waals surface area (Å²) >= 11 is 12.3. The number of pyridine rings is 1. The van der Waals surface area contributed by atoms with Crippen LogP contribution < -0.4 is 15.5 Å². The average molecular weight is 586 g/mol. The second-order valence-corrected chi connectivity index (χ2v) is 9.79. The Kier molecular flexibility index (Phi) is 7.79. The Bertz CT molecular complexity index is 1550. The van der Waals surface area contributed by atoms with E-state index in [9.17, 15) is 18.0 Å². The standard InChI is InChI=1S/C28H23ClF3N5O2S/c1-39-16-24(38)34-21-11-10-19(15-20(21)29)37-26(25(35-27(37)40)22-8-2-3-12-33-22)23-9-5-13-36(23)18-7-4-6-17(14-18)28(30,31)32/h2-15,25-26H,16H2,1H3,(H,34,38)(H,35,40)/t25-,26+/m1/s1. The van der Waals surface area contributed by atoms with Gasteiger partial charge < -0.3 is 24.8 Å². The molecule has 0 unspecified atom stereocenters. The molecule has 7 nitrogen and oxygen atoms in total. The normalized spacial score (nSPS) is 17.1. The van der Waals surface area contributed by atoms with Gasteiger partial charge in [-0.1, -0.05) is 23.7 Å². The first kappa shape index (κ1) is 27.6. The van der Waals surface area contributed by atoms with Gasteiger partial charge in [-0.3, -0.25) is 9.78 Å². The SMILES string of the molecule is COCC(=O)Nc1ccc(N2C(=S)N[C@H](c3ccccn3)[C@@H]2c2cccn2-c2cccc(C(F)(F)F)c2)cc1Cl. The van der Waals surface area contributed by atoms with Crippen LogP contribution in [0.2, 0.25) is 5.02 Å². The third-order valence-corrected chi connectivity index (χ3v) is 7.04. The van der Waals surface area contributed by atoms with Gasteiger partial charge in [0.1, 0.15) is 12.6 Å². The molecule has 5 rings (SSSR count). The first-order valence-electron chi connectivity index (χ1n) is 12.1. The Morgan fingerprint density at radius 3 is 2.62 bits per heavy atom. The summed E-state index contributed by atoms with van der Waals surface area (Å²) in [6, 6.07) is 18.4. The molecule has 2 aromatic heterocycles. The third kappa shape index (κ3) is 5.53.